The van der Waals surface area contributed by atoms with Gasteiger partial charge >= 0.3 is 0 Å². The highest BCUT2D eigenvalue weighted by Gasteiger charge is 2.40. The van der Waals surface area contributed by atoms with Crippen molar-refractivity contribution in [2.45, 2.75) is 149 Å². The predicted octanol–water partition coefficient (Wildman–Crippen LogP) is 9.07. The maximum Gasteiger partial charge on any atom is 0.254 e. The molecule has 9 heteroatoms. The van der Waals surface area contributed by atoms with E-state index in [0.29, 0.717) is 32.7 Å². The van der Waals surface area contributed by atoms with E-state index < -0.39 is 6.10 Å². The number of nitrogens with zero attached hydrogens (tertiary/aromatic N) is 4. The Morgan fingerprint density at radius 1 is 0.550 bits per heavy atom. The molecule has 4 atom stereocenters. The van der Waals surface area contributed by atoms with E-state index >= 15 is 0 Å². The van der Waals surface area contributed by atoms with E-state index in [4.69, 9.17) is 4.74 Å². The number of ether oxygens (including phenoxy) is 1. The van der Waals surface area contributed by atoms with Crippen LogP contribution in [-0.2, 0) is 30.9 Å². The van der Waals surface area contributed by atoms with E-state index in [2.05, 4.69) is 70.5 Å². The fraction of sp³-hybridized carbons (Fsp3) is 0.569. The first-order valence-corrected chi connectivity index (χ1v) is 23.5. The molecule has 9 nitrogen and oxygen atoms in total. The Morgan fingerprint density at radius 2 is 0.983 bits per heavy atom. The average molecular weight is 819 g/mol. The lowest BCUT2D eigenvalue weighted by Crippen LogP contribution is -2.49. The molecule has 0 bridgehead atoms. The van der Waals surface area contributed by atoms with Crippen LogP contribution in [0.4, 0.5) is 0 Å². The number of carbonyl (C=O) groups excluding carboxylic acids is 2. The van der Waals surface area contributed by atoms with Crippen molar-refractivity contribution in [1.29, 1.82) is 0 Å². The largest absolute Gasteiger partial charge is 0.391 e. The van der Waals surface area contributed by atoms with Crippen molar-refractivity contribution in [2.75, 3.05) is 39.4 Å². The summed E-state index contributed by atoms with van der Waals surface area (Å²) in [4.78, 5) is 35.5. The number of aliphatic hydroxyl groups excluding tert-OH is 2. The molecule has 5 aliphatic heterocycles. The van der Waals surface area contributed by atoms with Crippen molar-refractivity contribution in [1.82, 2.24) is 19.6 Å². The standard InChI is InChI=1S/C24H30N2O2.C23H28N2O3.2C2H6/c27-23-11-5-4-10-22(23)26-16-21-19-9-3-2-8-18(19)17(14-20(21)24(26)28)15-25-12-6-1-7-13-25;26-22-15-28-11-8-21(22)25-14-20-18-7-3-2-6-17(18)16(12-19(20)23(25)27)13-24-9-4-1-5-10-24;2*1-2/h2-3,8-9,14,22-23,27H,1,4-7,10-13,15-16H2;2-3,6-7,12,21-22,26H,1,4-5,8-11,13-15H2;2*1-2H3/t22?,23-;21?,22-;;/m00../s1. The fourth-order valence-electron chi connectivity index (χ4n) is 10.6. The summed E-state index contributed by atoms with van der Waals surface area (Å²) in [6.07, 6.45) is 11.3. The zero-order chi connectivity index (χ0) is 42.2. The molecule has 6 aliphatic rings. The van der Waals surface area contributed by atoms with E-state index in [1.165, 1.54) is 71.2 Å². The zero-order valence-electron chi connectivity index (χ0n) is 36.8. The Hall–Kier alpha value is -3.86. The second-order valence-corrected chi connectivity index (χ2v) is 17.2. The molecule has 0 aromatic heterocycles. The van der Waals surface area contributed by atoms with E-state index in [1.807, 2.05) is 37.5 Å². The number of carbonyl (C=O) groups is 2. The summed E-state index contributed by atoms with van der Waals surface area (Å²) in [5.74, 6) is 0.179. The average Bonchev–Trinajstić information content (AvgIpc) is 3.81. The van der Waals surface area contributed by atoms with Gasteiger partial charge in [0.15, 0.2) is 0 Å². The monoisotopic (exact) mass is 819 g/mol. The first-order chi connectivity index (χ1) is 29.4. The Balaban J connectivity index is 0.000000168. The molecule has 0 radical (unpaired) electrons. The number of piperidine rings is 2. The molecular weight excluding hydrogens is 749 g/mol. The number of rotatable bonds is 6. The molecule has 2 unspecified atom stereocenters. The summed E-state index contributed by atoms with van der Waals surface area (Å²) in [5.41, 5.74) is 6.48. The predicted molar refractivity (Wildman–Crippen MR) is 242 cm³/mol. The first-order valence-electron chi connectivity index (χ1n) is 23.5. The Bertz CT molecular complexity index is 1930. The minimum absolute atomic E-state index is 0.0297. The molecule has 3 saturated heterocycles. The SMILES string of the molecule is CC.CC.O=C1c2cc(CN3CCCCC3)c3ccccc3c2CN1C1CCCC[C@@H]1O.O=C1c2cc(CN3CCCCC3)c3ccccc3c2CN1C1CCOC[C@@H]1O. The van der Waals surface area contributed by atoms with Gasteiger partial charge in [-0.3, -0.25) is 19.4 Å². The van der Waals surface area contributed by atoms with Crippen LogP contribution in [0.3, 0.4) is 0 Å². The van der Waals surface area contributed by atoms with Gasteiger partial charge < -0.3 is 24.7 Å². The van der Waals surface area contributed by atoms with Gasteiger partial charge in [0.25, 0.3) is 11.8 Å². The van der Waals surface area contributed by atoms with E-state index in [0.717, 1.165) is 87.2 Å². The number of likely N-dealkylation sites (tertiary alicyclic amines) is 2. The zero-order valence-corrected chi connectivity index (χ0v) is 36.8. The second kappa shape index (κ2) is 20.8. The smallest absolute Gasteiger partial charge is 0.254 e. The van der Waals surface area contributed by atoms with Gasteiger partial charge in [0, 0.05) is 43.9 Å². The van der Waals surface area contributed by atoms with Crippen LogP contribution in [0.5, 0.6) is 0 Å². The van der Waals surface area contributed by atoms with Crippen LogP contribution in [0.1, 0.15) is 141 Å². The fourth-order valence-corrected chi connectivity index (χ4v) is 10.6. The van der Waals surface area contributed by atoms with Gasteiger partial charge in [0.2, 0.25) is 0 Å². The molecule has 10 rings (SSSR count). The van der Waals surface area contributed by atoms with Crippen molar-refractivity contribution in [3.05, 3.63) is 94.0 Å². The quantitative estimate of drug-likeness (QED) is 0.201. The molecule has 324 valence electrons. The molecule has 1 saturated carbocycles. The summed E-state index contributed by atoms with van der Waals surface area (Å²) in [6.45, 7) is 16.5. The van der Waals surface area contributed by atoms with Crippen molar-refractivity contribution in [3.63, 3.8) is 0 Å². The minimum Gasteiger partial charge on any atom is -0.391 e. The van der Waals surface area contributed by atoms with Crippen LogP contribution in [0.15, 0.2) is 60.7 Å². The summed E-state index contributed by atoms with van der Waals surface area (Å²) >= 11 is 0. The Labute approximate surface area is 358 Å². The number of fused-ring (bicyclic) bond motifs is 6. The van der Waals surface area contributed by atoms with Crippen molar-refractivity contribution >= 4 is 33.4 Å². The third kappa shape index (κ3) is 9.31. The van der Waals surface area contributed by atoms with Gasteiger partial charge in [0.1, 0.15) is 0 Å². The molecular formula is C51H70N4O5. The lowest BCUT2D eigenvalue weighted by Gasteiger charge is -2.35. The molecule has 5 heterocycles. The summed E-state index contributed by atoms with van der Waals surface area (Å²) < 4.78 is 5.36. The maximum atomic E-state index is 13.3. The third-order valence-electron chi connectivity index (χ3n) is 13.6. The Morgan fingerprint density at radius 3 is 1.43 bits per heavy atom. The van der Waals surface area contributed by atoms with Crippen LogP contribution in [0.25, 0.3) is 21.5 Å². The summed E-state index contributed by atoms with van der Waals surface area (Å²) in [5, 5.41) is 25.8. The van der Waals surface area contributed by atoms with Gasteiger partial charge in [0.05, 0.1) is 30.9 Å². The highest BCUT2D eigenvalue weighted by Crippen LogP contribution is 2.38. The van der Waals surface area contributed by atoms with Gasteiger partial charge in [-0.2, -0.15) is 0 Å². The second-order valence-electron chi connectivity index (χ2n) is 17.2. The van der Waals surface area contributed by atoms with E-state index in [-0.39, 0.29) is 30.0 Å². The molecule has 0 spiro atoms. The molecule has 4 aromatic carbocycles. The number of amides is 2. The highest BCUT2D eigenvalue weighted by atomic mass is 16.5. The summed E-state index contributed by atoms with van der Waals surface area (Å²) in [7, 11) is 0. The number of hydrogen-bond acceptors (Lipinski definition) is 7. The highest BCUT2D eigenvalue weighted by molar-refractivity contribution is 6.06. The molecule has 60 heavy (non-hydrogen) atoms. The van der Waals surface area contributed by atoms with Crippen LogP contribution >= 0.6 is 0 Å². The lowest BCUT2D eigenvalue weighted by atomic mass is 9.91. The van der Waals surface area contributed by atoms with E-state index in [9.17, 15) is 19.8 Å². The molecule has 1 aliphatic carbocycles. The van der Waals surface area contributed by atoms with Gasteiger partial charge in [-0.1, -0.05) is 102 Å². The number of aliphatic hydroxyl groups is 2. The first kappa shape index (κ1) is 44.2. The van der Waals surface area contributed by atoms with Crippen LogP contribution in [0.2, 0.25) is 0 Å². The molecule has 2 N–H and O–H groups in total. The minimum atomic E-state index is -0.605. The lowest BCUT2D eigenvalue weighted by molar-refractivity contribution is -0.0571. The summed E-state index contributed by atoms with van der Waals surface area (Å²) in [6, 6.07) is 21.1. The number of benzene rings is 4. The van der Waals surface area contributed by atoms with Crippen molar-refractivity contribution in [3.8, 4) is 0 Å². The van der Waals surface area contributed by atoms with Crippen LogP contribution in [0, 0.1) is 0 Å². The van der Waals surface area contributed by atoms with Gasteiger partial charge in [-0.05, 0) is 127 Å². The molecule has 4 fully saturated rings. The van der Waals surface area contributed by atoms with Crippen LogP contribution < -0.4 is 0 Å². The Kier molecular flexibility index (Phi) is 15.3. The van der Waals surface area contributed by atoms with Crippen molar-refractivity contribution in [2.24, 2.45) is 0 Å². The third-order valence-corrected chi connectivity index (χ3v) is 13.6. The topological polar surface area (TPSA) is 96.8 Å². The normalized spacial score (nSPS) is 24.5. The van der Waals surface area contributed by atoms with Crippen LogP contribution in [-0.4, -0.2) is 105 Å². The molecule has 4 aromatic rings. The van der Waals surface area contributed by atoms with Crippen molar-refractivity contribution < 1.29 is 24.5 Å². The number of hydrogen-bond donors (Lipinski definition) is 2. The maximum absolute atomic E-state index is 13.3. The van der Waals surface area contributed by atoms with E-state index in [1.54, 1.807) is 0 Å². The van der Waals surface area contributed by atoms with Gasteiger partial charge in [-0.15, -0.1) is 0 Å². The molecule has 2 amide bonds. The van der Waals surface area contributed by atoms with Gasteiger partial charge in [-0.25, -0.2) is 0 Å².